The van der Waals surface area contributed by atoms with Crippen molar-refractivity contribution in [1.29, 1.82) is 0 Å². The van der Waals surface area contributed by atoms with Crippen molar-refractivity contribution >= 4 is 11.8 Å². The van der Waals surface area contributed by atoms with Gasteiger partial charge in [0.25, 0.3) is 0 Å². The van der Waals surface area contributed by atoms with Gasteiger partial charge in [-0.3, -0.25) is 14.6 Å². The molecule has 3 heterocycles. The third kappa shape index (κ3) is 3.32. The maximum absolute atomic E-state index is 13.4. The van der Waals surface area contributed by atoms with E-state index in [1.54, 1.807) is 37.5 Å². The molecular formula is C23H25NO6. The molecule has 0 saturated heterocycles. The molecule has 0 amide bonds. The van der Waals surface area contributed by atoms with Gasteiger partial charge in [-0.05, 0) is 43.7 Å². The van der Waals surface area contributed by atoms with Crippen molar-refractivity contribution in [2.45, 2.75) is 52.2 Å². The molecule has 4 atom stereocenters. The Morgan fingerprint density at radius 1 is 1.30 bits per heavy atom. The number of ketones is 1. The van der Waals surface area contributed by atoms with Gasteiger partial charge in [0.05, 0.1) is 5.92 Å². The quantitative estimate of drug-likeness (QED) is 0.711. The Labute approximate surface area is 174 Å². The minimum Gasteiger partial charge on any atom is -0.482 e. The molecule has 2 aromatic heterocycles. The zero-order valence-electron chi connectivity index (χ0n) is 17.5. The summed E-state index contributed by atoms with van der Waals surface area (Å²) in [6.07, 6.45) is 3.75. The monoisotopic (exact) mass is 411 g/mol. The standard InChI is InChI=1S/C23H25NO6/c1-12(2)15-8-16-21(26)20-18(30-23(16,4)19(9-15)28-13(3)25)10-17(29-22(20)27)14-6-5-7-24-11-14/h5-7,10-12,15-16,19H,8-9H2,1-4H3/t15-,16-,19-,23-/m0/s1. The van der Waals surface area contributed by atoms with Gasteiger partial charge in [-0.2, -0.15) is 0 Å². The lowest BCUT2D eigenvalue weighted by Crippen LogP contribution is -2.62. The van der Waals surface area contributed by atoms with Gasteiger partial charge in [0.2, 0.25) is 0 Å². The second-order valence-electron chi connectivity index (χ2n) is 8.66. The summed E-state index contributed by atoms with van der Waals surface area (Å²) in [7, 11) is 0. The van der Waals surface area contributed by atoms with E-state index < -0.39 is 29.2 Å². The summed E-state index contributed by atoms with van der Waals surface area (Å²) < 4.78 is 17.4. The van der Waals surface area contributed by atoms with E-state index in [4.69, 9.17) is 13.9 Å². The van der Waals surface area contributed by atoms with Gasteiger partial charge in [0, 0.05) is 30.9 Å². The van der Waals surface area contributed by atoms with Gasteiger partial charge in [0.1, 0.15) is 23.2 Å². The molecule has 1 fully saturated rings. The van der Waals surface area contributed by atoms with Crippen LogP contribution in [0.1, 0.15) is 50.9 Å². The van der Waals surface area contributed by atoms with Crippen molar-refractivity contribution in [3.05, 3.63) is 46.6 Å². The Balaban J connectivity index is 1.82. The topological polar surface area (TPSA) is 95.7 Å². The normalized spacial score (nSPS) is 27.8. The molecule has 2 aliphatic rings. The molecule has 0 radical (unpaired) electrons. The van der Waals surface area contributed by atoms with E-state index in [1.807, 2.05) is 0 Å². The first kappa shape index (κ1) is 20.3. The number of nitrogens with zero attached hydrogens (tertiary/aromatic N) is 1. The molecule has 0 aromatic carbocycles. The zero-order chi connectivity index (χ0) is 21.6. The largest absolute Gasteiger partial charge is 0.482 e. The minimum atomic E-state index is -1.05. The van der Waals surface area contributed by atoms with Crippen LogP contribution in [0, 0.1) is 17.8 Å². The van der Waals surface area contributed by atoms with Crippen molar-refractivity contribution in [3.8, 4) is 17.1 Å². The molecule has 4 rings (SSSR count). The van der Waals surface area contributed by atoms with Crippen LogP contribution in [0.15, 0.2) is 39.8 Å². The molecule has 1 aliphatic heterocycles. The number of aromatic nitrogens is 1. The summed E-state index contributed by atoms with van der Waals surface area (Å²) in [5.74, 6) is -0.435. The molecule has 30 heavy (non-hydrogen) atoms. The van der Waals surface area contributed by atoms with Crippen LogP contribution in [-0.2, 0) is 9.53 Å². The first-order valence-corrected chi connectivity index (χ1v) is 10.2. The number of hydrogen-bond acceptors (Lipinski definition) is 7. The molecule has 2 aromatic rings. The second kappa shape index (κ2) is 7.38. The number of ether oxygens (including phenoxy) is 2. The lowest BCUT2D eigenvalue weighted by molar-refractivity contribution is -0.173. The number of carbonyl (C=O) groups excluding carboxylic acids is 2. The van der Waals surface area contributed by atoms with Crippen LogP contribution < -0.4 is 10.4 Å². The number of carbonyl (C=O) groups is 2. The van der Waals surface area contributed by atoms with E-state index in [0.29, 0.717) is 24.3 Å². The van der Waals surface area contributed by atoms with E-state index in [2.05, 4.69) is 18.8 Å². The van der Waals surface area contributed by atoms with E-state index in [1.165, 1.54) is 6.92 Å². The molecule has 1 aliphatic carbocycles. The van der Waals surface area contributed by atoms with Crippen molar-refractivity contribution in [1.82, 2.24) is 4.98 Å². The summed E-state index contributed by atoms with van der Waals surface area (Å²) >= 11 is 0. The Morgan fingerprint density at radius 3 is 2.70 bits per heavy atom. The van der Waals surface area contributed by atoms with Gasteiger partial charge < -0.3 is 13.9 Å². The third-order valence-corrected chi connectivity index (χ3v) is 6.39. The highest BCUT2D eigenvalue weighted by Gasteiger charge is 2.57. The van der Waals surface area contributed by atoms with E-state index in [9.17, 15) is 14.4 Å². The maximum atomic E-state index is 13.4. The number of esters is 1. The van der Waals surface area contributed by atoms with Gasteiger partial charge in [-0.25, -0.2) is 4.79 Å². The predicted octanol–water partition coefficient (Wildman–Crippen LogP) is 3.65. The van der Waals surface area contributed by atoms with Crippen molar-refractivity contribution in [2.75, 3.05) is 0 Å². The van der Waals surface area contributed by atoms with Gasteiger partial charge in [-0.15, -0.1) is 0 Å². The Kier molecular flexibility index (Phi) is 5.00. The van der Waals surface area contributed by atoms with Crippen LogP contribution in [0.25, 0.3) is 11.3 Å². The first-order valence-electron chi connectivity index (χ1n) is 10.2. The Hall–Kier alpha value is -2.96. The summed E-state index contributed by atoms with van der Waals surface area (Å²) in [5, 5.41) is 0. The van der Waals surface area contributed by atoms with Crippen LogP contribution in [-0.4, -0.2) is 28.4 Å². The molecule has 0 unspecified atom stereocenters. The highest BCUT2D eigenvalue weighted by molar-refractivity contribution is 6.02. The van der Waals surface area contributed by atoms with Gasteiger partial charge in [0.15, 0.2) is 11.4 Å². The number of hydrogen-bond donors (Lipinski definition) is 0. The maximum Gasteiger partial charge on any atom is 0.351 e. The molecule has 0 spiro atoms. The average molecular weight is 411 g/mol. The highest BCUT2D eigenvalue weighted by Crippen LogP contribution is 2.49. The summed E-state index contributed by atoms with van der Waals surface area (Å²) in [6.45, 7) is 7.30. The summed E-state index contributed by atoms with van der Waals surface area (Å²) in [6, 6.07) is 5.02. The van der Waals surface area contributed by atoms with Crippen LogP contribution in [0.5, 0.6) is 5.75 Å². The summed E-state index contributed by atoms with van der Waals surface area (Å²) in [5.41, 5.74) is -1.26. The van der Waals surface area contributed by atoms with Crippen LogP contribution in [0.4, 0.5) is 0 Å². The average Bonchev–Trinajstić information content (AvgIpc) is 2.68. The number of fused-ring (bicyclic) bond motifs is 2. The summed E-state index contributed by atoms with van der Waals surface area (Å²) in [4.78, 5) is 42.0. The highest BCUT2D eigenvalue weighted by atomic mass is 16.6. The smallest absolute Gasteiger partial charge is 0.351 e. The molecule has 0 bridgehead atoms. The molecular weight excluding hydrogens is 386 g/mol. The lowest BCUT2D eigenvalue weighted by atomic mass is 9.64. The number of rotatable bonds is 3. The van der Waals surface area contributed by atoms with E-state index >= 15 is 0 Å². The van der Waals surface area contributed by atoms with Crippen LogP contribution >= 0.6 is 0 Å². The molecule has 7 heteroatoms. The van der Waals surface area contributed by atoms with Crippen molar-refractivity contribution < 1.29 is 23.5 Å². The van der Waals surface area contributed by atoms with E-state index in [-0.39, 0.29) is 28.8 Å². The fourth-order valence-electron chi connectivity index (χ4n) is 4.62. The lowest BCUT2D eigenvalue weighted by Gasteiger charge is -2.50. The fraction of sp³-hybridized carbons (Fsp3) is 0.478. The molecule has 1 saturated carbocycles. The Bertz CT molecular complexity index is 1040. The van der Waals surface area contributed by atoms with Crippen LogP contribution in [0.2, 0.25) is 0 Å². The first-order chi connectivity index (χ1) is 14.2. The molecule has 158 valence electrons. The second-order valence-corrected chi connectivity index (χ2v) is 8.66. The Morgan fingerprint density at radius 2 is 2.07 bits per heavy atom. The van der Waals surface area contributed by atoms with Crippen molar-refractivity contribution in [3.63, 3.8) is 0 Å². The number of Topliss-reactive ketones (excluding diaryl/α,β-unsaturated/α-hetero) is 1. The molecule has 0 N–H and O–H groups in total. The third-order valence-electron chi connectivity index (χ3n) is 6.39. The fourth-order valence-corrected chi connectivity index (χ4v) is 4.62. The molecule has 7 nitrogen and oxygen atoms in total. The van der Waals surface area contributed by atoms with Gasteiger partial charge in [-0.1, -0.05) is 13.8 Å². The van der Waals surface area contributed by atoms with E-state index in [0.717, 1.165) is 0 Å². The minimum absolute atomic E-state index is 0.0731. The predicted molar refractivity (Wildman–Crippen MR) is 108 cm³/mol. The van der Waals surface area contributed by atoms with Crippen LogP contribution in [0.3, 0.4) is 0 Å². The number of pyridine rings is 1. The van der Waals surface area contributed by atoms with Crippen molar-refractivity contribution in [2.24, 2.45) is 17.8 Å². The zero-order valence-corrected chi connectivity index (χ0v) is 17.5. The van der Waals surface area contributed by atoms with Gasteiger partial charge >= 0.3 is 11.6 Å². The SMILES string of the molecule is CC(=O)O[C@H]1C[C@@H](C(C)C)C[C@H]2C(=O)c3c(cc(-c4cccnc4)oc3=O)O[C@]12C.